The van der Waals surface area contributed by atoms with Crippen LogP contribution in [-0.2, 0) is 14.3 Å². The van der Waals surface area contributed by atoms with E-state index in [2.05, 4.69) is 0 Å². The van der Waals surface area contributed by atoms with Gasteiger partial charge in [-0.15, -0.1) is 0 Å². The molecular formula is C21H18N2O5. The maximum absolute atomic E-state index is 12.4. The van der Waals surface area contributed by atoms with E-state index in [1.54, 1.807) is 29.2 Å². The number of ether oxygens (including phenoxy) is 1. The highest BCUT2D eigenvalue weighted by Gasteiger charge is 2.39. The van der Waals surface area contributed by atoms with Crippen molar-refractivity contribution in [1.82, 2.24) is 4.90 Å². The van der Waals surface area contributed by atoms with Crippen molar-refractivity contribution in [2.75, 3.05) is 18.2 Å². The summed E-state index contributed by atoms with van der Waals surface area (Å²) < 4.78 is 5.20. The summed E-state index contributed by atoms with van der Waals surface area (Å²) in [4.78, 5) is 51.8. The summed E-state index contributed by atoms with van der Waals surface area (Å²) in [5, 5.41) is 0. The molecule has 0 radical (unpaired) electrons. The Morgan fingerprint density at radius 1 is 1.00 bits per heavy atom. The van der Waals surface area contributed by atoms with E-state index in [-0.39, 0.29) is 18.9 Å². The van der Waals surface area contributed by atoms with Gasteiger partial charge in [0.15, 0.2) is 6.73 Å². The van der Waals surface area contributed by atoms with Crippen molar-refractivity contribution in [3.63, 3.8) is 0 Å². The molecule has 28 heavy (non-hydrogen) atoms. The van der Waals surface area contributed by atoms with Crippen molar-refractivity contribution < 1.29 is 23.9 Å². The van der Waals surface area contributed by atoms with Crippen LogP contribution in [0.3, 0.4) is 0 Å². The summed E-state index contributed by atoms with van der Waals surface area (Å²) >= 11 is 0. The third-order valence-corrected chi connectivity index (χ3v) is 5.02. The lowest BCUT2D eigenvalue weighted by Gasteiger charge is -2.18. The summed E-state index contributed by atoms with van der Waals surface area (Å²) in [6.07, 6.45) is 0.0365. The largest absolute Gasteiger partial charge is 0.443 e. The lowest BCUT2D eigenvalue weighted by molar-refractivity contribution is -0.151. The van der Waals surface area contributed by atoms with E-state index in [1.165, 1.54) is 0 Å². The molecule has 7 nitrogen and oxygen atoms in total. The van der Waals surface area contributed by atoms with Crippen LogP contribution in [0.2, 0.25) is 0 Å². The van der Waals surface area contributed by atoms with E-state index in [0.717, 1.165) is 16.2 Å². The Balaban J connectivity index is 1.39. The summed E-state index contributed by atoms with van der Waals surface area (Å²) in [5.74, 6) is -2.37. The standard InChI is InChI=1S/C21H18N2O5/c1-13-6-8-15(9-7-13)22-11-14(10-18(22)24)21(27)28-12-23-19(25)16-4-2-3-5-17(16)20(23)26/h2-9,14H,10-12H2,1H3. The van der Waals surface area contributed by atoms with E-state index in [0.29, 0.717) is 11.1 Å². The number of anilines is 1. The van der Waals surface area contributed by atoms with Gasteiger partial charge in [-0.2, -0.15) is 0 Å². The van der Waals surface area contributed by atoms with Crippen molar-refractivity contribution in [1.29, 1.82) is 0 Å². The maximum atomic E-state index is 12.4. The first-order valence-electron chi connectivity index (χ1n) is 8.94. The number of hydrogen-bond donors (Lipinski definition) is 0. The molecule has 2 aromatic carbocycles. The normalized spacial score (nSPS) is 18.6. The number of amides is 3. The van der Waals surface area contributed by atoms with Crippen LogP contribution in [0.25, 0.3) is 0 Å². The zero-order valence-electron chi connectivity index (χ0n) is 15.3. The van der Waals surface area contributed by atoms with E-state index in [4.69, 9.17) is 4.74 Å². The minimum absolute atomic E-state index is 0.0365. The Morgan fingerprint density at radius 2 is 1.61 bits per heavy atom. The molecule has 0 N–H and O–H groups in total. The number of imide groups is 1. The zero-order chi connectivity index (χ0) is 19.8. The van der Waals surface area contributed by atoms with Crippen LogP contribution in [0.15, 0.2) is 48.5 Å². The van der Waals surface area contributed by atoms with Gasteiger partial charge in [0.25, 0.3) is 11.8 Å². The number of hydrogen-bond acceptors (Lipinski definition) is 5. The van der Waals surface area contributed by atoms with Gasteiger partial charge < -0.3 is 9.64 Å². The molecule has 0 saturated carbocycles. The molecule has 2 aromatic rings. The van der Waals surface area contributed by atoms with Crippen molar-refractivity contribution in [3.8, 4) is 0 Å². The second kappa shape index (κ2) is 6.92. The molecular weight excluding hydrogens is 360 g/mol. The highest BCUT2D eigenvalue weighted by molar-refractivity contribution is 6.21. The smallest absolute Gasteiger partial charge is 0.313 e. The van der Waals surface area contributed by atoms with Gasteiger partial charge in [0.2, 0.25) is 5.91 Å². The van der Waals surface area contributed by atoms with E-state index >= 15 is 0 Å². The molecule has 0 aromatic heterocycles. The SMILES string of the molecule is Cc1ccc(N2CC(C(=O)OCN3C(=O)c4ccccc4C3=O)CC2=O)cc1. The summed E-state index contributed by atoms with van der Waals surface area (Å²) in [6.45, 7) is 1.71. The lowest BCUT2D eigenvalue weighted by Crippen LogP contribution is -2.35. The maximum Gasteiger partial charge on any atom is 0.313 e. The molecule has 142 valence electrons. The summed E-state index contributed by atoms with van der Waals surface area (Å²) in [5.41, 5.74) is 2.40. The number of benzene rings is 2. The minimum atomic E-state index is -0.635. The Kier molecular flexibility index (Phi) is 4.43. The first-order valence-corrected chi connectivity index (χ1v) is 8.94. The van der Waals surface area contributed by atoms with Gasteiger partial charge in [0, 0.05) is 18.7 Å². The third-order valence-electron chi connectivity index (χ3n) is 5.02. The number of carbonyl (C=O) groups excluding carboxylic acids is 4. The number of nitrogens with zero attached hydrogens (tertiary/aromatic N) is 2. The molecule has 2 aliphatic rings. The molecule has 0 aliphatic carbocycles. The van der Waals surface area contributed by atoms with Gasteiger partial charge in [0.1, 0.15) is 0 Å². The lowest BCUT2D eigenvalue weighted by atomic mass is 10.1. The van der Waals surface area contributed by atoms with Crippen LogP contribution < -0.4 is 4.90 Å². The summed E-state index contributed by atoms with van der Waals surface area (Å²) in [6, 6.07) is 13.9. The van der Waals surface area contributed by atoms with Crippen LogP contribution in [0.4, 0.5) is 5.69 Å². The van der Waals surface area contributed by atoms with E-state index < -0.39 is 30.4 Å². The van der Waals surface area contributed by atoms with Crippen LogP contribution in [0, 0.1) is 12.8 Å². The number of aryl methyl sites for hydroxylation is 1. The molecule has 1 fully saturated rings. The fourth-order valence-corrected chi connectivity index (χ4v) is 3.44. The highest BCUT2D eigenvalue weighted by atomic mass is 16.5. The van der Waals surface area contributed by atoms with Crippen LogP contribution >= 0.6 is 0 Å². The fraction of sp³-hybridized carbons (Fsp3) is 0.238. The average Bonchev–Trinajstić information content (AvgIpc) is 3.20. The number of fused-ring (bicyclic) bond motifs is 1. The molecule has 3 amide bonds. The molecule has 1 unspecified atom stereocenters. The highest BCUT2D eigenvalue weighted by Crippen LogP contribution is 2.27. The topological polar surface area (TPSA) is 84.0 Å². The first kappa shape index (κ1) is 17.9. The van der Waals surface area contributed by atoms with E-state index in [1.807, 2.05) is 31.2 Å². The number of carbonyl (C=O) groups is 4. The predicted molar refractivity (Wildman–Crippen MR) is 99.5 cm³/mol. The van der Waals surface area contributed by atoms with Gasteiger partial charge in [-0.05, 0) is 31.2 Å². The Morgan fingerprint density at radius 3 is 2.21 bits per heavy atom. The molecule has 1 atom stereocenters. The van der Waals surface area contributed by atoms with Gasteiger partial charge in [-0.1, -0.05) is 29.8 Å². The van der Waals surface area contributed by atoms with Crippen LogP contribution in [-0.4, -0.2) is 41.9 Å². The zero-order valence-corrected chi connectivity index (χ0v) is 15.3. The van der Waals surface area contributed by atoms with Gasteiger partial charge in [-0.25, -0.2) is 4.90 Å². The molecule has 0 bridgehead atoms. The molecule has 7 heteroatoms. The Hall–Kier alpha value is -3.48. The number of esters is 1. The molecule has 1 saturated heterocycles. The minimum Gasteiger partial charge on any atom is -0.443 e. The molecule has 4 rings (SSSR count). The van der Waals surface area contributed by atoms with Gasteiger partial charge >= 0.3 is 5.97 Å². The molecule has 2 aliphatic heterocycles. The monoisotopic (exact) mass is 378 g/mol. The third kappa shape index (κ3) is 3.05. The molecule has 0 spiro atoms. The molecule has 2 heterocycles. The van der Waals surface area contributed by atoms with Crippen LogP contribution in [0.1, 0.15) is 32.7 Å². The second-order valence-electron chi connectivity index (χ2n) is 6.92. The van der Waals surface area contributed by atoms with Gasteiger partial charge in [-0.3, -0.25) is 19.2 Å². The van der Waals surface area contributed by atoms with E-state index in [9.17, 15) is 19.2 Å². The average molecular weight is 378 g/mol. The van der Waals surface area contributed by atoms with Crippen LogP contribution in [0.5, 0.6) is 0 Å². The van der Waals surface area contributed by atoms with Crippen molar-refractivity contribution in [2.24, 2.45) is 5.92 Å². The van der Waals surface area contributed by atoms with Crippen molar-refractivity contribution in [2.45, 2.75) is 13.3 Å². The number of rotatable bonds is 4. The quantitative estimate of drug-likeness (QED) is 0.601. The Labute approximate surface area is 161 Å². The predicted octanol–water partition coefficient (Wildman–Crippen LogP) is 2.14. The fourth-order valence-electron chi connectivity index (χ4n) is 3.44. The summed E-state index contributed by atoms with van der Waals surface area (Å²) in [7, 11) is 0. The Bertz CT molecular complexity index is 948. The van der Waals surface area contributed by atoms with Crippen molar-refractivity contribution in [3.05, 3.63) is 65.2 Å². The second-order valence-corrected chi connectivity index (χ2v) is 6.92. The van der Waals surface area contributed by atoms with Gasteiger partial charge in [0.05, 0.1) is 17.0 Å². The van der Waals surface area contributed by atoms with Crippen molar-refractivity contribution >= 4 is 29.4 Å². The first-order chi connectivity index (χ1) is 13.5.